The zero-order chi connectivity index (χ0) is 12.8. The molecule has 0 saturated carbocycles. The van der Waals surface area contributed by atoms with Crippen LogP contribution in [0.15, 0.2) is 28.7 Å². The topological polar surface area (TPSA) is 20.3 Å². The van der Waals surface area contributed by atoms with Gasteiger partial charge in [0.15, 0.2) is 0 Å². The van der Waals surface area contributed by atoms with Crippen molar-refractivity contribution in [2.75, 3.05) is 13.6 Å². The van der Waals surface area contributed by atoms with Gasteiger partial charge in [-0.1, -0.05) is 41.9 Å². The molecule has 0 heterocycles. The molecule has 0 atom stereocenters. The van der Waals surface area contributed by atoms with E-state index in [4.69, 9.17) is 0 Å². The van der Waals surface area contributed by atoms with Crippen LogP contribution in [0.25, 0.3) is 0 Å². The first-order chi connectivity index (χ1) is 7.99. The molecule has 1 rings (SSSR count). The minimum atomic E-state index is 0.221. The minimum Gasteiger partial charge on any atom is -0.345 e. The van der Waals surface area contributed by atoms with E-state index in [1.807, 2.05) is 24.1 Å². The second-order valence-corrected chi connectivity index (χ2v) is 5.71. The molecule has 0 saturated heterocycles. The first kappa shape index (κ1) is 14.2. The molecule has 0 unspecified atom stereocenters. The van der Waals surface area contributed by atoms with Gasteiger partial charge in [-0.25, -0.2) is 0 Å². The Kier molecular flexibility index (Phi) is 5.69. The second kappa shape index (κ2) is 6.80. The van der Waals surface area contributed by atoms with Crippen molar-refractivity contribution in [3.05, 3.63) is 34.3 Å². The van der Waals surface area contributed by atoms with Crippen molar-refractivity contribution in [2.45, 2.75) is 26.7 Å². The summed E-state index contributed by atoms with van der Waals surface area (Å²) in [5.41, 5.74) is 1.20. The highest BCUT2D eigenvalue weighted by molar-refractivity contribution is 9.10. The van der Waals surface area contributed by atoms with Crippen LogP contribution in [-0.4, -0.2) is 24.4 Å². The molecule has 1 amide bonds. The van der Waals surface area contributed by atoms with Crippen molar-refractivity contribution < 1.29 is 4.79 Å². The lowest BCUT2D eigenvalue weighted by atomic mass is 10.1. The summed E-state index contributed by atoms with van der Waals surface area (Å²) in [7, 11) is 1.88. The van der Waals surface area contributed by atoms with Crippen LogP contribution < -0.4 is 0 Å². The van der Waals surface area contributed by atoms with E-state index in [2.05, 4.69) is 41.9 Å². The average molecular weight is 298 g/mol. The molecular formula is C14H20BrNO. The normalized spacial score (nSPS) is 10.6. The van der Waals surface area contributed by atoms with Gasteiger partial charge >= 0.3 is 0 Å². The van der Waals surface area contributed by atoms with E-state index < -0.39 is 0 Å². The van der Waals surface area contributed by atoms with E-state index in [-0.39, 0.29) is 5.91 Å². The first-order valence-corrected chi connectivity index (χ1v) is 6.76. The highest BCUT2D eigenvalue weighted by Crippen LogP contribution is 2.13. The number of hydrogen-bond donors (Lipinski definition) is 0. The molecule has 0 fully saturated rings. The maximum atomic E-state index is 11.9. The standard InChI is InChI=1S/C14H20BrNO/c1-11(2)10-16(3)14(17)8-7-12-5-4-6-13(15)9-12/h4-6,9,11H,7-8,10H2,1-3H3. The van der Waals surface area contributed by atoms with Crippen LogP contribution in [0.5, 0.6) is 0 Å². The first-order valence-electron chi connectivity index (χ1n) is 5.97. The molecular weight excluding hydrogens is 278 g/mol. The summed E-state index contributed by atoms with van der Waals surface area (Å²) in [6.07, 6.45) is 1.39. The lowest BCUT2D eigenvalue weighted by Crippen LogP contribution is -2.30. The minimum absolute atomic E-state index is 0.221. The second-order valence-electron chi connectivity index (χ2n) is 4.80. The average Bonchev–Trinajstić information content (AvgIpc) is 2.25. The van der Waals surface area contributed by atoms with Gasteiger partial charge in [0, 0.05) is 24.5 Å². The van der Waals surface area contributed by atoms with Crippen LogP contribution in [-0.2, 0) is 11.2 Å². The summed E-state index contributed by atoms with van der Waals surface area (Å²) in [6, 6.07) is 8.12. The van der Waals surface area contributed by atoms with E-state index in [1.165, 1.54) is 5.56 Å². The van der Waals surface area contributed by atoms with Crippen molar-refractivity contribution in [3.63, 3.8) is 0 Å². The molecule has 0 aliphatic heterocycles. The fourth-order valence-electron chi connectivity index (χ4n) is 1.78. The number of amides is 1. The molecule has 0 radical (unpaired) electrons. The molecule has 94 valence electrons. The summed E-state index contributed by atoms with van der Waals surface area (Å²) < 4.78 is 1.07. The Morgan fingerprint density at radius 2 is 2.12 bits per heavy atom. The van der Waals surface area contributed by atoms with Crippen LogP contribution in [0.1, 0.15) is 25.8 Å². The third-order valence-electron chi connectivity index (χ3n) is 2.58. The van der Waals surface area contributed by atoms with Gasteiger partial charge in [-0.15, -0.1) is 0 Å². The Hall–Kier alpha value is -0.830. The Morgan fingerprint density at radius 1 is 1.41 bits per heavy atom. The summed E-state index contributed by atoms with van der Waals surface area (Å²) >= 11 is 3.44. The van der Waals surface area contributed by atoms with Gasteiger partial charge in [0.25, 0.3) is 0 Å². The molecule has 0 aliphatic rings. The zero-order valence-electron chi connectivity index (χ0n) is 10.7. The van der Waals surface area contributed by atoms with Gasteiger partial charge in [-0.05, 0) is 30.0 Å². The molecule has 0 N–H and O–H groups in total. The number of benzene rings is 1. The molecule has 1 aromatic rings. The van der Waals surface area contributed by atoms with Crippen LogP contribution >= 0.6 is 15.9 Å². The molecule has 3 heteroatoms. The van der Waals surface area contributed by atoms with Gasteiger partial charge in [0.05, 0.1) is 0 Å². The van der Waals surface area contributed by atoms with Crippen molar-refractivity contribution in [3.8, 4) is 0 Å². The number of carbonyl (C=O) groups is 1. The molecule has 0 aliphatic carbocycles. The lowest BCUT2D eigenvalue weighted by molar-refractivity contribution is -0.130. The fourth-order valence-corrected chi connectivity index (χ4v) is 2.23. The predicted molar refractivity (Wildman–Crippen MR) is 74.9 cm³/mol. The monoisotopic (exact) mass is 297 g/mol. The summed E-state index contributed by atoms with van der Waals surface area (Å²) in [5.74, 6) is 0.744. The van der Waals surface area contributed by atoms with Gasteiger partial charge in [-0.3, -0.25) is 4.79 Å². The largest absolute Gasteiger partial charge is 0.345 e. The number of rotatable bonds is 5. The van der Waals surface area contributed by atoms with Crippen molar-refractivity contribution in [2.24, 2.45) is 5.92 Å². The number of hydrogen-bond acceptors (Lipinski definition) is 1. The van der Waals surface area contributed by atoms with Crippen molar-refractivity contribution in [1.29, 1.82) is 0 Å². The summed E-state index contributed by atoms with van der Waals surface area (Å²) in [4.78, 5) is 13.7. The summed E-state index contributed by atoms with van der Waals surface area (Å²) in [5, 5.41) is 0. The van der Waals surface area contributed by atoms with Crippen molar-refractivity contribution >= 4 is 21.8 Å². The van der Waals surface area contributed by atoms with E-state index in [9.17, 15) is 4.79 Å². The van der Waals surface area contributed by atoms with Crippen LogP contribution in [0.4, 0.5) is 0 Å². The van der Waals surface area contributed by atoms with Crippen LogP contribution in [0, 0.1) is 5.92 Å². The number of carbonyl (C=O) groups excluding carboxylic acids is 1. The van der Waals surface area contributed by atoms with Crippen LogP contribution in [0.2, 0.25) is 0 Å². The molecule has 2 nitrogen and oxygen atoms in total. The highest BCUT2D eigenvalue weighted by atomic mass is 79.9. The molecule has 0 bridgehead atoms. The zero-order valence-corrected chi connectivity index (χ0v) is 12.3. The SMILES string of the molecule is CC(C)CN(C)C(=O)CCc1cccc(Br)c1. The van der Waals surface area contributed by atoms with E-state index in [0.717, 1.165) is 17.4 Å². The number of nitrogens with zero attached hydrogens (tertiary/aromatic N) is 1. The van der Waals surface area contributed by atoms with Gasteiger partial charge in [-0.2, -0.15) is 0 Å². The lowest BCUT2D eigenvalue weighted by Gasteiger charge is -2.19. The Morgan fingerprint density at radius 3 is 2.71 bits per heavy atom. The highest BCUT2D eigenvalue weighted by Gasteiger charge is 2.10. The van der Waals surface area contributed by atoms with Gasteiger partial charge in [0.2, 0.25) is 5.91 Å². The Labute approximate surface area is 112 Å². The Balaban J connectivity index is 2.43. The maximum Gasteiger partial charge on any atom is 0.222 e. The predicted octanol–water partition coefficient (Wildman–Crippen LogP) is 3.50. The molecule has 1 aromatic carbocycles. The third-order valence-corrected chi connectivity index (χ3v) is 3.07. The number of halogens is 1. The smallest absolute Gasteiger partial charge is 0.222 e. The van der Waals surface area contributed by atoms with Crippen LogP contribution in [0.3, 0.4) is 0 Å². The molecule has 0 aromatic heterocycles. The fraction of sp³-hybridized carbons (Fsp3) is 0.500. The summed E-state index contributed by atoms with van der Waals surface area (Å²) in [6.45, 7) is 5.08. The van der Waals surface area contributed by atoms with E-state index >= 15 is 0 Å². The molecule has 17 heavy (non-hydrogen) atoms. The van der Waals surface area contributed by atoms with Crippen molar-refractivity contribution in [1.82, 2.24) is 4.90 Å². The quantitative estimate of drug-likeness (QED) is 0.815. The molecule has 0 spiro atoms. The van der Waals surface area contributed by atoms with E-state index in [0.29, 0.717) is 12.3 Å². The number of aryl methyl sites for hydroxylation is 1. The van der Waals surface area contributed by atoms with Gasteiger partial charge in [0.1, 0.15) is 0 Å². The Bertz CT molecular complexity index is 376. The van der Waals surface area contributed by atoms with E-state index in [1.54, 1.807) is 0 Å². The third kappa shape index (κ3) is 5.35. The van der Waals surface area contributed by atoms with Gasteiger partial charge < -0.3 is 4.90 Å². The maximum absolute atomic E-state index is 11.9.